The van der Waals surface area contributed by atoms with Crippen LogP contribution in [0.4, 0.5) is 0 Å². The standard InChI is InChI=1S/C15H12BrClO3/c16-12-8-14-13(19-4-5-20-14)7-11(12)15(18)9-2-1-3-10(17)6-9/h1-3,6-8,15,18H,4-5H2. The van der Waals surface area contributed by atoms with E-state index in [4.69, 9.17) is 21.1 Å². The molecule has 0 saturated heterocycles. The van der Waals surface area contributed by atoms with E-state index in [0.29, 0.717) is 29.7 Å². The Kier molecular flexibility index (Phi) is 3.87. The first kappa shape index (κ1) is 13.7. The smallest absolute Gasteiger partial charge is 0.162 e. The molecule has 1 aliphatic heterocycles. The van der Waals surface area contributed by atoms with E-state index in [1.165, 1.54) is 0 Å². The van der Waals surface area contributed by atoms with E-state index in [1.807, 2.05) is 18.2 Å². The molecule has 104 valence electrons. The van der Waals surface area contributed by atoms with Gasteiger partial charge in [-0.15, -0.1) is 0 Å². The molecular formula is C15H12BrClO3. The van der Waals surface area contributed by atoms with Gasteiger partial charge < -0.3 is 14.6 Å². The molecule has 2 aromatic rings. The van der Waals surface area contributed by atoms with E-state index < -0.39 is 6.10 Å². The van der Waals surface area contributed by atoms with E-state index in [9.17, 15) is 5.11 Å². The van der Waals surface area contributed by atoms with Gasteiger partial charge in [0.05, 0.1) is 0 Å². The van der Waals surface area contributed by atoms with Crippen molar-refractivity contribution in [3.05, 3.63) is 57.0 Å². The second-order valence-electron chi connectivity index (χ2n) is 4.47. The highest BCUT2D eigenvalue weighted by Gasteiger charge is 2.20. The summed E-state index contributed by atoms with van der Waals surface area (Å²) < 4.78 is 11.8. The maximum Gasteiger partial charge on any atom is 0.162 e. The molecule has 5 heteroatoms. The first-order valence-corrected chi connectivity index (χ1v) is 7.35. The Labute approximate surface area is 130 Å². The monoisotopic (exact) mass is 354 g/mol. The lowest BCUT2D eigenvalue weighted by atomic mass is 10.0. The molecule has 0 bridgehead atoms. The first-order valence-electron chi connectivity index (χ1n) is 6.18. The summed E-state index contributed by atoms with van der Waals surface area (Å²) in [5.74, 6) is 1.33. The molecule has 0 fully saturated rings. The van der Waals surface area contributed by atoms with Crippen molar-refractivity contribution in [1.29, 1.82) is 0 Å². The fraction of sp³-hybridized carbons (Fsp3) is 0.200. The van der Waals surface area contributed by atoms with Crippen LogP contribution in [0.3, 0.4) is 0 Å². The fourth-order valence-electron chi connectivity index (χ4n) is 2.15. The Bertz CT molecular complexity index is 645. The molecule has 0 aromatic heterocycles. The number of aliphatic hydroxyl groups excluding tert-OH is 1. The normalized spacial score (nSPS) is 14.9. The minimum atomic E-state index is -0.779. The predicted molar refractivity (Wildman–Crippen MR) is 80.6 cm³/mol. The summed E-state index contributed by atoms with van der Waals surface area (Å²) in [6.07, 6.45) is -0.779. The van der Waals surface area contributed by atoms with Gasteiger partial charge in [0.25, 0.3) is 0 Å². The molecule has 0 aliphatic carbocycles. The number of fused-ring (bicyclic) bond motifs is 1. The molecule has 20 heavy (non-hydrogen) atoms. The molecule has 1 unspecified atom stereocenters. The number of aliphatic hydroxyl groups is 1. The molecule has 0 radical (unpaired) electrons. The molecule has 1 N–H and O–H groups in total. The predicted octanol–water partition coefficient (Wildman–Crippen LogP) is 3.96. The SMILES string of the molecule is OC(c1cccc(Cl)c1)c1cc2c(cc1Br)OCCO2. The van der Waals surface area contributed by atoms with Crippen LogP contribution in [-0.4, -0.2) is 18.3 Å². The summed E-state index contributed by atoms with van der Waals surface area (Å²) in [7, 11) is 0. The number of halogens is 2. The van der Waals surface area contributed by atoms with Crippen LogP contribution >= 0.6 is 27.5 Å². The van der Waals surface area contributed by atoms with Crippen molar-refractivity contribution in [2.24, 2.45) is 0 Å². The third kappa shape index (κ3) is 2.64. The minimum Gasteiger partial charge on any atom is -0.486 e. The Hall–Kier alpha value is -1.23. The van der Waals surface area contributed by atoms with Crippen LogP contribution < -0.4 is 9.47 Å². The summed E-state index contributed by atoms with van der Waals surface area (Å²) in [6, 6.07) is 10.8. The highest BCUT2D eigenvalue weighted by molar-refractivity contribution is 9.10. The maximum absolute atomic E-state index is 10.5. The zero-order valence-electron chi connectivity index (χ0n) is 10.5. The molecule has 2 aromatic carbocycles. The number of ether oxygens (including phenoxy) is 2. The van der Waals surface area contributed by atoms with Gasteiger partial charge in [0.2, 0.25) is 0 Å². The summed E-state index contributed by atoms with van der Waals surface area (Å²) >= 11 is 9.43. The second kappa shape index (κ2) is 5.64. The molecule has 1 heterocycles. The summed E-state index contributed by atoms with van der Waals surface area (Å²) in [4.78, 5) is 0. The number of hydrogen-bond acceptors (Lipinski definition) is 3. The molecule has 1 atom stereocenters. The summed E-state index contributed by atoms with van der Waals surface area (Å²) in [6.45, 7) is 1.05. The van der Waals surface area contributed by atoms with Crippen LogP contribution in [-0.2, 0) is 0 Å². The summed E-state index contributed by atoms with van der Waals surface area (Å²) in [5, 5.41) is 11.1. The van der Waals surface area contributed by atoms with Gasteiger partial charge in [-0.05, 0) is 29.8 Å². The van der Waals surface area contributed by atoms with Crippen molar-refractivity contribution in [2.45, 2.75) is 6.10 Å². The van der Waals surface area contributed by atoms with Gasteiger partial charge >= 0.3 is 0 Å². The zero-order valence-corrected chi connectivity index (χ0v) is 12.8. The largest absolute Gasteiger partial charge is 0.486 e. The Morgan fingerprint density at radius 3 is 2.50 bits per heavy atom. The maximum atomic E-state index is 10.5. The third-order valence-corrected chi connectivity index (χ3v) is 4.04. The molecule has 0 amide bonds. The van der Waals surface area contributed by atoms with Crippen LogP contribution in [0.2, 0.25) is 5.02 Å². The highest BCUT2D eigenvalue weighted by Crippen LogP contribution is 2.39. The number of hydrogen-bond donors (Lipinski definition) is 1. The van der Waals surface area contributed by atoms with Crippen LogP contribution in [0, 0.1) is 0 Å². The Balaban J connectivity index is 2.01. The van der Waals surface area contributed by atoms with Gasteiger partial charge in [-0.3, -0.25) is 0 Å². The van der Waals surface area contributed by atoms with Crippen molar-refractivity contribution in [2.75, 3.05) is 13.2 Å². The Morgan fingerprint density at radius 2 is 1.80 bits per heavy atom. The zero-order chi connectivity index (χ0) is 14.1. The Morgan fingerprint density at radius 1 is 1.10 bits per heavy atom. The van der Waals surface area contributed by atoms with E-state index in [1.54, 1.807) is 18.2 Å². The van der Waals surface area contributed by atoms with Gasteiger partial charge in [-0.2, -0.15) is 0 Å². The van der Waals surface area contributed by atoms with E-state index >= 15 is 0 Å². The molecule has 3 nitrogen and oxygen atoms in total. The molecule has 3 rings (SSSR count). The van der Waals surface area contributed by atoms with Gasteiger partial charge in [-0.25, -0.2) is 0 Å². The number of rotatable bonds is 2. The van der Waals surface area contributed by atoms with Crippen molar-refractivity contribution in [3.63, 3.8) is 0 Å². The second-order valence-corrected chi connectivity index (χ2v) is 5.77. The lowest BCUT2D eigenvalue weighted by Crippen LogP contribution is -2.16. The van der Waals surface area contributed by atoms with E-state index in [0.717, 1.165) is 15.6 Å². The lowest BCUT2D eigenvalue weighted by molar-refractivity contribution is 0.169. The quantitative estimate of drug-likeness (QED) is 0.886. The van der Waals surface area contributed by atoms with Crippen LogP contribution in [0.25, 0.3) is 0 Å². The van der Waals surface area contributed by atoms with Crippen molar-refractivity contribution >= 4 is 27.5 Å². The van der Waals surface area contributed by atoms with E-state index in [2.05, 4.69) is 15.9 Å². The van der Waals surface area contributed by atoms with Gasteiger partial charge in [0.15, 0.2) is 11.5 Å². The number of benzene rings is 2. The first-order chi connectivity index (χ1) is 9.65. The summed E-state index contributed by atoms with van der Waals surface area (Å²) in [5.41, 5.74) is 1.45. The fourth-order valence-corrected chi connectivity index (χ4v) is 2.88. The van der Waals surface area contributed by atoms with Crippen LogP contribution in [0.1, 0.15) is 17.2 Å². The minimum absolute atomic E-state index is 0.515. The van der Waals surface area contributed by atoms with E-state index in [-0.39, 0.29) is 0 Å². The van der Waals surface area contributed by atoms with Crippen molar-refractivity contribution in [3.8, 4) is 11.5 Å². The average Bonchev–Trinajstić information content (AvgIpc) is 2.46. The molecule has 0 spiro atoms. The van der Waals surface area contributed by atoms with Gasteiger partial charge in [0.1, 0.15) is 19.3 Å². The third-order valence-electron chi connectivity index (χ3n) is 3.12. The lowest BCUT2D eigenvalue weighted by Gasteiger charge is -2.21. The van der Waals surface area contributed by atoms with Crippen molar-refractivity contribution < 1.29 is 14.6 Å². The topological polar surface area (TPSA) is 38.7 Å². The molecule has 0 saturated carbocycles. The van der Waals surface area contributed by atoms with Crippen LogP contribution in [0.15, 0.2) is 40.9 Å². The van der Waals surface area contributed by atoms with Gasteiger partial charge in [-0.1, -0.05) is 39.7 Å². The molecule has 1 aliphatic rings. The highest BCUT2D eigenvalue weighted by atomic mass is 79.9. The van der Waals surface area contributed by atoms with Crippen molar-refractivity contribution in [1.82, 2.24) is 0 Å². The average molecular weight is 356 g/mol. The van der Waals surface area contributed by atoms with Gasteiger partial charge in [0, 0.05) is 15.1 Å². The molecular weight excluding hydrogens is 344 g/mol. The van der Waals surface area contributed by atoms with Crippen LogP contribution in [0.5, 0.6) is 11.5 Å².